The fraction of sp³-hybridized carbons (Fsp3) is 0.467. The Morgan fingerprint density at radius 3 is 2.71 bits per heavy atom. The van der Waals surface area contributed by atoms with Crippen LogP contribution < -0.4 is 0 Å². The van der Waals surface area contributed by atoms with Gasteiger partial charge in [0.2, 0.25) is 0 Å². The molecule has 0 bridgehead atoms. The summed E-state index contributed by atoms with van der Waals surface area (Å²) < 4.78 is 18.2. The van der Waals surface area contributed by atoms with Crippen LogP contribution in [0.2, 0.25) is 0 Å². The van der Waals surface area contributed by atoms with Gasteiger partial charge in [-0.1, -0.05) is 12.1 Å². The molecule has 2 rings (SSSR count). The summed E-state index contributed by atoms with van der Waals surface area (Å²) in [5.74, 6) is -0.349. The first-order chi connectivity index (χ1) is 10.2. The first kappa shape index (κ1) is 15.3. The van der Waals surface area contributed by atoms with Gasteiger partial charge < -0.3 is 9.64 Å². The molecule has 1 fully saturated rings. The molecule has 5 nitrogen and oxygen atoms in total. The third-order valence-electron chi connectivity index (χ3n) is 3.49. The number of benzene rings is 1. The summed E-state index contributed by atoms with van der Waals surface area (Å²) in [6.07, 6.45) is -0.323. The Labute approximate surface area is 123 Å². The lowest BCUT2D eigenvalue weighted by atomic mass is 10.1. The van der Waals surface area contributed by atoms with E-state index < -0.39 is 6.04 Å². The van der Waals surface area contributed by atoms with E-state index in [0.717, 1.165) is 0 Å². The highest BCUT2D eigenvalue weighted by molar-refractivity contribution is 5.67. The number of amides is 1. The number of rotatable bonds is 3. The normalized spacial score (nSPS) is 17.1. The summed E-state index contributed by atoms with van der Waals surface area (Å²) >= 11 is 0. The summed E-state index contributed by atoms with van der Waals surface area (Å²) in [6.45, 7) is 4.26. The summed E-state index contributed by atoms with van der Waals surface area (Å²) in [5.41, 5.74) is 0.641. The molecule has 21 heavy (non-hydrogen) atoms. The second-order valence-corrected chi connectivity index (χ2v) is 4.81. The van der Waals surface area contributed by atoms with Gasteiger partial charge >= 0.3 is 6.09 Å². The molecule has 1 aliphatic rings. The van der Waals surface area contributed by atoms with Crippen molar-refractivity contribution in [2.24, 2.45) is 0 Å². The highest BCUT2D eigenvalue weighted by Gasteiger charge is 2.27. The van der Waals surface area contributed by atoms with Crippen LogP contribution in [-0.2, 0) is 4.74 Å². The van der Waals surface area contributed by atoms with E-state index in [1.165, 1.54) is 12.1 Å². The fourth-order valence-electron chi connectivity index (χ4n) is 2.42. The summed E-state index contributed by atoms with van der Waals surface area (Å²) in [5, 5.41) is 9.36. The molecule has 1 aromatic carbocycles. The second-order valence-electron chi connectivity index (χ2n) is 4.81. The monoisotopic (exact) mass is 291 g/mol. The van der Waals surface area contributed by atoms with Crippen LogP contribution in [0.5, 0.6) is 0 Å². The summed E-state index contributed by atoms with van der Waals surface area (Å²) in [6, 6.07) is 7.80. The van der Waals surface area contributed by atoms with Crippen LogP contribution in [-0.4, -0.2) is 48.7 Å². The van der Waals surface area contributed by atoms with Crippen LogP contribution >= 0.6 is 0 Å². The Kier molecular flexibility index (Phi) is 5.12. The predicted molar refractivity (Wildman–Crippen MR) is 74.9 cm³/mol. The number of piperazine rings is 1. The quantitative estimate of drug-likeness (QED) is 0.856. The number of carbonyl (C=O) groups is 1. The van der Waals surface area contributed by atoms with Crippen molar-refractivity contribution in [2.75, 3.05) is 32.8 Å². The van der Waals surface area contributed by atoms with Crippen LogP contribution in [0.4, 0.5) is 9.18 Å². The van der Waals surface area contributed by atoms with Gasteiger partial charge in [0.05, 0.1) is 12.7 Å². The Hall–Kier alpha value is -2.13. The second kappa shape index (κ2) is 7.04. The van der Waals surface area contributed by atoms with E-state index in [9.17, 15) is 14.4 Å². The number of hydrogen-bond acceptors (Lipinski definition) is 4. The molecule has 1 atom stereocenters. The summed E-state index contributed by atoms with van der Waals surface area (Å²) in [7, 11) is 0. The third-order valence-corrected chi connectivity index (χ3v) is 3.49. The van der Waals surface area contributed by atoms with Gasteiger partial charge in [-0.2, -0.15) is 5.26 Å². The third kappa shape index (κ3) is 3.70. The fourth-order valence-corrected chi connectivity index (χ4v) is 2.42. The first-order valence-electron chi connectivity index (χ1n) is 6.96. The average Bonchev–Trinajstić information content (AvgIpc) is 2.49. The van der Waals surface area contributed by atoms with Gasteiger partial charge in [0.15, 0.2) is 0 Å². The minimum absolute atomic E-state index is 0.323. The van der Waals surface area contributed by atoms with Gasteiger partial charge in [-0.15, -0.1) is 0 Å². The van der Waals surface area contributed by atoms with Crippen molar-refractivity contribution in [3.05, 3.63) is 35.6 Å². The van der Waals surface area contributed by atoms with E-state index in [2.05, 4.69) is 6.07 Å². The maximum Gasteiger partial charge on any atom is 0.409 e. The van der Waals surface area contributed by atoms with Crippen molar-refractivity contribution in [2.45, 2.75) is 13.0 Å². The molecule has 112 valence electrons. The Morgan fingerprint density at radius 2 is 2.14 bits per heavy atom. The van der Waals surface area contributed by atoms with Crippen molar-refractivity contribution in [3.63, 3.8) is 0 Å². The molecule has 1 heterocycles. The Balaban J connectivity index is 2.00. The lowest BCUT2D eigenvalue weighted by molar-refractivity contribution is 0.0733. The maximum absolute atomic E-state index is 13.3. The topological polar surface area (TPSA) is 56.6 Å². The maximum atomic E-state index is 13.3. The number of nitrogens with zero attached hydrogens (tertiary/aromatic N) is 3. The van der Waals surface area contributed by atoms with Crippen LogP contribution in [0.1, 0.15) is 18.5 Å². The molecular weight excluding hydrogens is 273 g/mol. The predicted octanol–water partition coefficient (Wildman–Crippen LogP) is 2.16. The van der Waals surface area contributed by atoms with Crippen molar-refractivity contribution in [3.8, 4) is 6.07 Å². The van der Waals surface area contributed by atoms with Crippen molar-refractivity contribution >= 4 is 6.09 Å². The zero-order valence-corrected chi connectivity index (χ0v) is 12.0. The first-order valence-corrected chi connectivity index (χ1v) is 6.96. The SMILES string of the molecule is CCOC(=O)N1CCN(C(C#N)c2cccc(F)c2)CC1. The number of hydrogen-bond donors (Lipinski definition) is 0. The van der Waals surface area contributed by atoms with E-state index in [-0.39, 0.29) is 11.9 Å². The lowest BCUT2D eigenvalue weighted by Crippen LogP contribution is -2.49. The van der Waals surface area contributed by atoms with E-state index in [1.54, 1.807) is 24.0 Å². The van der Waals surface area contributed by atoms with Gasteiger partial charge in [0.25, 0.3) is 0 Å². The molecule has 0 saturated carbocycles. The minimum atomic E-state index is -0.495. The number of carbonyl (C=O) groups excluding carboxylic acids is 1. The van der Waals surface area contributed by atoms with Gasteiger partial charge in [-0.25, -0.2) is 9.18 Å². The highest BCUT2D eigenvalue weighted by atomic mass is 19.1. The zero-order chi connectivity index (χ0) is 15.2. The zero-order valence-electron chi connectivity index (χ0n) is 12.0. The van der Waals surface area contributed by atoms with Crippen molar-refractivity contribution < 1.29 is 13.9 Å². The smallest absolute Gasteiger partial charge is 0.409 e. The molecule has 1 saturated heterocycles. The molecule has 0 aromatic heterocycles. The molecule has 1 aromatic rings. The van der Waals surface area contributed by atoms with Crippen molar-refractivity contribution in [1.82, 2.24) is 9.80 Å². The van der Waals surface area contributed by atoms with Crippen LogP contribution in [0.3, 0.4) is 0 Å². The van der Waals surface area contributed by atoms with Gasteiger partial charge in [-0.05, 0) is 24.6 Å². The molecule has 0 spiro atoms. The van der Waals surface area contributed by atoms with Crippen LogP contribution in [0, 0.1) is 17.1 Å². The Bertz CT molecular complexity index is 536. The standard InChI is InChI=1S/C15H18FN3O2/c1-2-21-15(20)19-8-6-18(7-9-19)14(11-17)12-4-3-5-13(16)10-12/h3-5,10,14H,2,6-9H2,1H3. The number of halogens is 1. The van der Waals surface area contributed by atoms with E-state index in [4.69, 9.17) is 4.74 Å². The number of nitriles is 1. The van der Waals surface area contributed by atoms with Gasteiger partial charge in [0, 0.05) is 26.2 Å². The molecule has 0 radical (unpaired) electrons. The molecular formula is C15H18FN3O2. The lowest BCUT2D eigenvalue weighted by Gasteiger charge is -2.36. The molecule has 6 heteroatoms. The van der Waals surface area contributed by atoms with Crippen LogP contribution in [0.15, 0.2) is 24.3 Å². The highest BCUT2D eigenvalue weighted by Crippen LogP contribution is 2.22. The van der Waals surface area contributed by atoms with E-state index in [1.807, 2.05) is 4.90 Å². The minimum Gasteiger partial charge on any atom is -0.450 e. The number of ether oxygens (including phenoxy) is 1. The molecule has 1 aliphatic heterocycles. The Morgan fingerprint density at radius 1 is 1.43 bits per heavy atom. The molecule has 1 unspecified atom stereocenters. The van der Waals surface area contributed by atoms with Gasteiger partial charge in [0.1, 0.15) is 11.9 Å². The molecule has 1 amide bonds. The van der Waals surface area contributed by atoms with Crippen LogP contribution in [0.25, 0.3) is 0 Å². The molecule has 0 N–H and O–H groups in total. The van der Waals surface area contributed by atoms with Crippen molar-refractivity contribution in [1.29, 1.82) is 5.26 Å². The van der Waals surface area contributed by atoms with E-state index in [0.29, 0.717) is 38.3 Å². The van der Waals surface area contributed by atoms with E-state index >= 15 is 0 Å². The molecule has 0 aliphatic carbocycles. The van der Waals surface area contributed by atoms with Gasteiger partial charge in [-0.3, -0.25) is 4.90 Å². The largest absolute Gasteiger partial charge is 0.450 e. The average molecular weight is 291 g/mol. The summed E-state index contributed by atoms with van der Waals surface area (Å²) in [4.78, 5) is 15.2.